The van der Waals surface area contributed by atoms with Crippen LogP contribution in [0.2, 0.25) is 0 Å². The molecule has 2 heterocycles. The maximum absolute atomic E-state index is 12.3. The number of benzene rings is 2. The number of carbonyl (C=O) groups is 2. The van der Waals surface area contributed by atoms with Gasteiger partial charge in [0.05, 0.1) is 24.4 Å². The van der Waals surface area contributed by atoms with Crippen molar-refractivity contribution in [3.63, 3.8) is 0 Å². The Morgan fingerprint density at radius 2 is 1.09 bits per heavy atom. The van der Waals surface area contributed by atoms with E-state index in [0.29, 0.717) is 38.5 Å². The molecule has 310 valence electrons. The van der Waals surface area contributed by atoms with Crippen LogP contribution in [0.3, 0.4) is 0 Å². The third kappa shape index (κ3) is 17.5. The fourth-order valence-electron chi connectivity index (χ4n) is 8.03. The maximum Gasteiger partial charge on any atom is 0.330 e. The van der Waals surface area contributed by atoms with Gasteiger partial charge in [0, 0.05) is 62.7 Å². The molecule has 0 unspecified atom stereocenters. The highest BCUT2D eigenvalue weighted by Gasteiger charge is 2.38. The normalized spacial score (nSPS) is 23.5. The molecule has 4 rings (SSSR count). The quantitative estimate of drug-likeness (QED) is 0.0384. The second-order valence-electron chi connectivity index (χ2n) is 15.7. The average molecular weight is 775 g/mol. The summed E-state index contributed by atoms with van der Waals surface area (Å²) in [7, 11) is 0. The molecular weight excluding hydrogens is 705 g/mol. The van der Waals surface area contributed by atoms with Gasteiger partial charge in [-0.2, -0.15) is 0 Å². The monoisotopic (exact) mass is 775 g/mol. The summed E-state index contributed by atoms with van der Waals surface area (Å²) in [5.41, 5.74) is 1.88. The second-order valence-corrected chi connectivity index (χ2v) is 15.7. The van der Waals surface area contributed by atoms with Crippen LogP contribution in [0.1, 0.15) is 166 Å². The molecule has 0 radical (unpaired) electrons. The largest absolute Gasteiger partial charge is 0.462 e. The number of carbonyl (C=O) groups excluding carboxylic acids is 2. The van der Waals surface area contributed by atoms with E-state index in [-0.39, 0.29) is 36.5 Å². The van der Waals surface area contributed by atoms with Crippen molar-refractivity contribution in [3.8, 4) is 0 Å². The number of ether oxygens (including phenoxy) is 6. The Bertz CT molecular complexity index is 1380. The fraction of sp³-hybridized carbons (Fsp3) is 0.625. The van der Waals surface area contributed by atoms with Gasteiger partial charge in [0.15, 0.2) is 12.6 Å². The van der Waals surface area contributed by atoms with E-state index in [1.807, 2.05) is 60.7 Å². The molecule has 2 fully saturated rings. The molecule has 0 saturated carbocycles. The Balaban J connectivity index is 1.36. The number of hydrogen-bond donors (Lipinski definition) is 0. The maximum atomic E-state index is 12.3. The van der Waals surface area contributed by atoms with Gasteiger partial charge in [-0.25, -0.2) is 4.79 Å². The summed E-state index contributed by atoms with van der Waals surface area (Å²) < 4.78 is 38.0. The zero-order valence-corrected chi connectivity index (χ0v) is 34.4. The van der Waals surface area contributed by atoms with Gasteiger partial charge < -0.3 is 28.4 Å². The summed E-state index contributed by atoms with van der Waals surface area (Å²) >= 11 is 0. The van der Waals surface area contributed by atoms with Gasteiger partial charge in [-0.3, -0.25) is 4.79 Å². The van der Waals surface area contributed by atoms with Gasteiger partial charge in [-0.15, -0.1) is 6.58 Å². The van der Waals surface area contributed by atoms with E-state index in [9.17, 15) is 9.59 Å². The summed E-state index contributed by atoms with van der Waals surface area (Å²) in [6, 6.07) is 19.9. The van der Waals surface area contributed by atoms with Crippen LogP contribution >= 0.6 is 0 Å². The van der Waals surface area contributed by atoms with Crippen LogP contribution in [0.25, 0.3) is 0 Å². The van der Waals surface area contributed by atoms with Gasteiger partial charge in [0.1, 0.15) is 12.2 Å². The summed E-state index contributed by atoms with van der Waals surface area (Å²) in [6.45, 7) is 11.2. The fourth-order valence-corrected chi connectivity index (χ4v) is 8.03. The lowest BCUT2D eigenvalue weighted by Crippen LogP contribution is -2.41. The molecule has 2 aliphatic heterocycles. The molecule has 2 aliphatic rings. The summed E-state index contributed by atoms with van der Waals surface area (Å²) in [5, 5.41) is 0. The van der Waals surface area contributed by atoms with E-state index in [2.05, 4.69) is 20.1 Å². The molecule has 0 amide bonds. The zero-order valence-electron chi connectivity index (χ0n) is 34.4. The van der Waals surface area contributed by atoms with Crippen molar-refractivity contribution in [2.24, 2.45) is 0 Å². The number of esters is 2. The van der Waals surface area contributed by atoms with Gasteiger partial charge >= 0.3 is 11.9 Å². The lowest BCUT2D eigenvalue weighted by Gasteiger charge is -2.41. The van der Waals surface area contributed by atoms with Gasteiger partial charge in [0.2, 0.25) is 0 Å². The highest BCUT2D eigenvalue weighted by atomic mass is 16.7. The third-order valence-corrected chi connectivity index (χ3v) is 10.9. The first-order valence-electron chi connectivity index (χ1n) is 21.7. The SMILES string of the molecule is C=CC[C@H](C[C@H]1C[C@@H](C[C@H]2C[C@@H](C[C@H](CCCCCCCCCCCCCCC)OC(C)=O)O[C@@H](c3ccccc3)O2)O[C@@H](c2ccccc2)O1)OC(=O)C=C. The second kappa shape index (κ2) is 26.6. The van der Waals surface area contributed by atoms with Gasteiger partial charge in [0.25, 0.3) is 0 Å². The predicted octanol–water partition coefficient (Wildman–Crippen LogP) is 12.0. The van der Waals surface area contributed by atoms with Crippen LogP contribution in [0.5, 0.6) is 0 Å². The summed E-state index contributed by atoms with van der Waals surface area (Å²) in [4.78, 5) is 24.4. The smallest absolute Gasteiger partial charge is 0.330 e. The first kappa shape index (κ1) is 45.4. The van der Waals surface area contributed by atoms with E-state index >= 15 is 0 Å². The standard InChI is InChI=1S/C48H70O8/c1-5-8-9-10-11-12-13-14-15-16-17-18-25-31-41(51-37(4)49)33-43-35-45(56-48(54-43)39-29-23-20-24-30-39)36-44-34-42(32-40(26-6-2)52-46(50)7-3)53-47(55-44)38-27-21-19-22-28-38/h6-7,19-24,27-30,40-45,47-48H,2-3,5,8-18,25-26,31-36H2,1,4H3/t40-,41+,42+,43-,44+,45-,47+,48-/m1/s1. The molecule has 0 aliphatic carbocycles. The molecule has 8 atom stereocenters. The van der Waals surface area contributed by atoms with Crippen LogP contribution in [0, 0.1) is 0 Å². The van der Waals surface area contributed by atoms with E-state index in [0.717, 1.165) is 30.4 Å². The molecule has 0 N–H and O–H groups in total. The Kier molecular flexibility index (Phi) is 21.6. The average Bonchev–Trinajstić information content (AvgIpc) is 3.20. The third-order valence-electron chi connectivity index (χ3n) is 10.9. The van der Waals surface area contributed by atoms with Crippen LogP contribution in [-0.2, 0) is 38.0 Å². The zero-order chi connectivity index (χ0) is 39.8. The number of unbranched alkanes of at least 4 members (excludes halogenated alkanes) is 12. The van der Waals surface area contributed by atoms with Crippen molar-refractivity contribution in [2.75, 3.05) is 0 Å². The summed E-state index contributed by atoms with van der Waals surface area (Å²) in [6.07, 6.45) is 21.7. The minimum atomic E-state index is -0.575. The first-order chi connectivity index (χ1) is 27.4. The Morgan fingerprint density at radius 1 is 0.643 bits per heavy atom. The van der Waals surface area contributed by atoms with Crippen molar-refractivity contribution in [2.45, 2.75) is 191 Å². The highest BCUT2D eigenvalue weighted by molar-refractivity contribution is 5.81. The highest BCUT2D eigenvalue weighted by Crippen LogP contribution is 2.39. The first-order valence-corrected chi connectivity index (χ1v) is 21.7. The number of hydrogen-bond acceptors (Lipinski definition) is 8. The number of rotatable bonds is 27. The molecule has 2 saturated heterocycles. The molecule has 0 aromatic heterocycles. The van der Waals surface area contributed by atoms with Crippen molar-refractivity contribution in [1.29, 1.82) is 0 Å². The van der Waals surface area contributed by atoms with E-state index in [1.165, 1.54) is 83.6 Å². The van der Waals surface area contributed by atoms with E-state index in [4.69, 9.17) is 28.4 Å². The van der Waals surface area contributed by atoms with E-state index < -0.39 is 24.7 Å². The molecular formula is C48H70O8. The minimum absolute atomic E-state index is 0.166. The van der Waals surface area contributed by atoms with Crippen molar-refractivity contribution < 1.29 is 38.0 Å². The van der Waals surface area contributed by atoms with Crippen molar-refractivity contribution in [3.05, 3.63) is 97.1 Å². The molecule has 0 spiro atoms. The lowest BCUT2D eigenvalue weighted by molar-refractivity contribution is -0.280. The molecule has 56 heavy (non-hydrogen) atoms. The molecule has 8 nitrogen and oxygen atoms in total. The van der Waals surface area contributed by atoms with Crippen LogP contribution < -0.4 is 0 Å². The molecule has 2 aromatic rings. The lowest BCUT2D eigenvalue weighted by atomic mass is 9.93. The molecule has 8 heteroatoms. The van der Waals surface area contributed by atoms with E-state index in [1.54, 1.807) is 6.08 Å². The molecule has 2 aromatic carbocycles. The Labute approximate surface area is 337 Å². The van der Waals surface area contributed by atoms with Crippen LogP contribution in [0.15, 0.2) is 86.0 Å². The minimum Gasteiger partial charge on any atom is -0.462 e. The predicted molar refractivity (Wildman–Crippen MR) is 222 cm³/mol. The molecule has 0 bridgehead atoms. The topological polar surface area (TPSA) is 89.5 Å². The van der Waals surface area contributed by atoms with Crippen LogP contribution in [0.4, 0.5) is 0 Å². The Hall–Kier alpha value is -3.30. The summed E-state index contributed by atoms with van der Waals surface area (Å²) in [5.74, 6) is -0.718. The van der Waals surface area contributed by atoms with Crippen molar-refractivity contribution >= 4 is 11.9 Å². The van der Waals surface area contributed by atoms with Gasteiger partial charge in [-0.1, -0.05) is 157 Å². The van der Waals surface area contributed by atoms with Gasteiger partial charge in [-0.05, 0) is 12.8 Å². The van der Waals surface area contributed by atoms with Crippen molar-refractivity contribution in [1.82, 2.24) is 0 Å². The van der Waals surface area contributed by atoms with Crippen LogP contribution in [-0.4, -0.2) is 48.6 Å². The Morgan fingerprint density at radius 3 is 1.54 bits per heavy atom.